The van der Waals surface area contributed by atoms with Crippen LogP contribution in [0.15, 0.2) is 22.6 Å². The summed E-state index contributed by atoms with van der Waals surface area (Å²) >= 11 is 0. The molecule has 0 radical (unpaired) electrons. The molecule has 2 N–H and O–H groups in total. The van der Waals surface area contributed by atoms with E-state index in [-0.39, 0.29) is 5.92 Å². The molecule has 0 aliphatic rings. The van der Waals surface area contributed by atoms with Crippen LogP contribution in [0.4, 0.5) is 5.69 Å². The molecule has 1 aromatic heterocycles. The molecule has 0 spiro atoms. The second-order valence-corrected chi connectivity index (χ2v) is 4.56. The number of fused-ring (bicyclic) bond motifs is 1. The Balaban J connectivity index is 2.10. The summed E-state index contributed by atoms with van der Waals surface area (Å²) in [4.78, 5) is 6.40. The van der Waals surface area contributed by atoms with Crippen LogP contribution in [-0.4, -0.2) is 23.5 Å². The van der Waals surface area contributed by atoms with Crippen molar-refractivity contribution in [1.29, 1.82) is 5.26 Å². The number of aromatic nitrogens is 1. The van der Waals surface area contributed by atoms with Gasteiger partial charge in [-0.2, -0.15) is 5.26 Å². The molecule has 0 fully saturated rings. The molecule has 1 aromatic carbocycles. The lowest BCUT2D eigenvalue weighted by Crippen LogP contribution is -2.23. The van der Waals surface area contributed by atoms with Crippen LogP contribution >= 0.6 is 0 Å². The number of nitrogen functional groups attached to an aromatic ring is 1. The summed E-state index contributed by atoms with van der Waals surface area (Å²) in [6.45, 7) is 3.17. The van der Waals surface area contributed by atoms with Crippen LogP contribution in [0.2, 0.25) is 0 Å². The molecular formula is C13H16N4O. The summed E-state index contributed by atoms with van der Waals surface area (Å²) < 4.78 is 5.62. The monoisotopic (exact) mass is 244 g/mol. The molecule has 2 aromatic rings. The molecule has 0 bridgehead atoms. The van der Waals surface area contributed by atoms with Gasteiger partial charge in [-0.05, 0) is 26.1 Å². The molecule has 1 atom stereocenters. The quantitative estimate of drug-likeness (QED) is 0.832. The van der Waals surface area contributed by atoms with Crippen molar-refractivity contribution in [3.05, 3.63) is 24.1 Å². The molecule has 18 heavy (non-hydrogen) atoms. The van der Waals surface area contributed by atoms with E-state index in [1.54, 1.807) is 12.1 Å². The van der Waals surface area contributed by atoms with Crippen LogP contribution in [0.25, 0.3) is 11.1 Å². The Morgan fingerprint density at radius 1 is 1.56 bits per heavy atom. The minimum absolute atomic E-state index is 0.00461. The number of nitrogens with zero attached hydrogens (tertiary/aromatic N) is 3. The van der Waals surface area contributed by atoms with Crippen LogP contribution in [-0.2, 0) is 6.54 Å². The molecule has 0 aliphatic heterocycles. The summed E-state index contributed by atoms with van der Waals surface area (Å²) in [5.74, 6) is 0.637. The largest absolute Gasteiger partial charge is 0.439 e. The van der Waals surface area contributed by atoms with E-state index in [0.29, 0.717) is 30.3 Å². The average Bonchev–Trinajstić information content (AvgIpc) is 2.69. The van der Waals surface area contributed by atoms with Crippen molar-refractivity contribution in [1.82, 2.24) is 9.88 Å². The Kier molecular flexibility index (Phi) is 3.49. The predicted molar refractivity (Wildman–Crippen MR) is 69.5 cm³/mol. The first-order valence-electron chi connectivity index (χ1n) is 5.81. The van der Waals surface area contributed by atoms with Crippen molar-refractivity contribution in [2.45, 2.75) is 13.5 Å². The van der Waals surface area contributed by atoms with Gasteiger partial charge >= 0.3 is 0 Å². The Morgan fingerprint density at radius 3 is 3.06 bits per heavy atom. The summed E-state index contributed by atoms with van der Waals surface area (Å²) in [6.07, 6.45) is 0. The third-order valence-electron chi connectivity index (χ3n) is 2.67. The van der Waals surface area contributed by atoms with Crippen LogP contribution in [0.5, 0.6) is 0 Å². The topological polar surface area (TPSA) is 79.1 Å². The first-order chi connectivity index (χ1) is 8.58. The normalized spacial score (nSPS) is 12.8. The lowest BCUT2D eigenvalue weighted by Gasteiger charge is -2.15. The van der Waals surface area contributed by atoms with Gasteiger partial charge in [0.05, 0.1) is 18.5 Å². The fourth-order valence-corrected chi connectivity index (χ4v) is 1.86. The van der Waals surface area contributed by atoms with E-state index in [4.69, 9.17) is 15.4 Å². The van der Waals surface area contributed by atoms with Crippen LogP contribution in [0, 0.1) is 17.2 Å². The smallest absolute Gasteiger partial charge is 0.209 e. The second kappa shape index (κ2) is 5.07. The van der Waals surface area contributed by atoms with E-state index in [9.17, 15) is 0 Å². The maximum Gasteiger partial charge on any atom is 0.209 e. The average molecular weight is 244 g/mol. The zero-order valence-corrected chi connectivity index (χ0v) is 10.6. The highest BCUT2D eigenvalue weighted by atomic mass is 16.3. The lowest BCUT2D eigenvalue weighted by molar-refractivity contribution is 0.274. The first-order valence-corrected chi connectivity index (χ1v) is 5.81. The van der Waals surface area contributed by atoms with E-state index < -0.39 is 0 Å². The van der Waals surface area contributed by atoms with E-state index >= 15 is 0 Å². The number of benzene rings is 1. The summed E-state index contributed by atoms with van der Waals surface area (Å²) in [7, 11) is 1.94. The number of rotatable bonds is 4. The second-order valence-electron chi connectivity index (χ2n) is 4.56. The number of anilines is 1. The number of nitriles is 1. The van der Waals surface area contributed by atoms with Gasteiger partial charge in [0.1, 0.15) is 5.52 Å². The van der Waals surface area contributed by atoms with Crippen molar-refractivity contribution in [2.75, 3.05) is 19.3 Å². The molecule has 0 aliphatic carbocycles. The molecule has 5 heteroatoms. The fourth-order valence-electron chi connectivity index (χ4n) is 1.86. The van der Waals surface area contributed by atoms with Crippen molar-refractivity contribution in [3.8, 4) is 6.07 Å². The van der Waals surface area contributed by atoms with Gasteiger partial charge in [-0.1, -0.05) is 0 Å². The first kappa shape index (κ1) is 12.4. The Morgan fingerprint density at radius 2 is 2.33 bits per heavy atom. The van der Waals surface area contributed by atoms with Gasteiger partial charge in [-0.15, -0.1) is 0 Å². The van der Waals surface area contributed by atoms with Gasteiger partial charge in [0, 0.05) is 18.3 Å². The third kappa shape index (κ3) is 2.79. The molecule has 1 heterocycles. The summed E-state index contributed by atoms with van der Waals surface area (Å²) in [5.41, 5.74) is 7.85. The highest BCUT2D eigenvalue weighted by Gasteiger charge is 2.10. The van der Waals surface area contributed by atoms with Gasteiger partial charge in [-0.25, -0.2) is 4.98 Å². The highest BCUT2D eigenvalue weighted by molar-refractivity contribution is 5.76. The van der Waals surface area contributed by atoms with Crippen molar-refractivity contribution < 1.29 is 4.42 Å². The summed E-state index contributed by atoms with van der Waals surface area (Å²) in [5, 5.41) is 8.77. The molecule has 0 saturated heterocycles. The summed E-state index contributed by atoms with van der Waals surface area (Å²) in [6, 6.07) is 7.62. The molecule has 2 rings (SSSR count). The molecule has 1 unspecified atom stereocenters. The number of nitrogens with two attached hydrogens (primary N) is 1. The van der Waals surface area contributed by atoms with E-state index in [2.05, 4.69) is 11.1 Å². The number of hydrogen-bond donors (Lipinski definition) is 1. The minimum Gasteiger partial charge on any atom is -0.439 e. The van der Waals surface area contributed by atoms with Crippen LogP contribution in [0.3, 0.4) is 0 Å². The Bertz CT molecular complexity index is 584. The van der Waals surface area contributed by atoms with Crippen LogP contribution in [0.1, 0.15) is 12.8 Å². The van der Waals surface area contributed by atoms with Crippen molar-refractivity contribution in [3.63, 3.8) is 0 Å². The van der Waals surface area contributed by atoms with Gasteiger partial charge in [0.25, 0.3) is 0 Å². The number of oxazole rings is 1. The lowest BCUT2D eigenvalue weighted by atomic mass is 10.2. The molecule has 0 saturated carbocycles. The van der Waals surface area contributed by atoms with Gasteiger partial charge in [-0.3, -0.25) is 4.90 Å². The zero-order valence-electron chi connectivity index (χ0n) is 10.6. The maximum absolute atomic E-state index is 8.77. The molecule has 5 nitrogen and oxygen atoms in total. The Hall–Kier alpha value is -2.06. The zero-order chi connectivity index (χ0) is 13.1. The van der Waals surface area contributed by atoms with Crippen LogP contribution < -0.4 is 5.73 Å². The predicted octanol–water partition coefficient (Wildman–Crippen LogP) is 2.00. The van der Waals surface area contributed by atoms with Gasteiger partial charge in [0.2, 0.25) is 5.89 Å². The fraction of sp³-hybridized carbons (Fsp3) is 0.385. The van der Waals surface area contributed by atoms with E-state index in [1.807, 2.05) is 24.9 Å². The molecular weight excluding hydrogens is 228 g/mol. The molecule has 94 valence electrons. The highest BCUT2D eigenvalue weighted by Crippen LogP contribution is 2.19. The van der Waals surface area contributed by atoms with E-state index in [1.165, 1.54) is 0 Å². The van der Waals surface area contributed by atoms with E-state index in [0.717, 1.165) is 5.52 Å². The number of hydrogen-bond acceptors (Lipinski definition) is 5. The molecule has 0 amide bonds. The van der Waals surface area contributed by atoms with Gasteiger partial charge in [0.15, 0.2) is 5.58 Å². The Labute approximate surface area is 106 Å². The third-order valence-corrected chi connectivity index (χ3v) is 2.67. The minimum atomic E-state index is -0.00461. The SMILES string of the molecule is CC(C#N)CN(C)Cc1nc2ccc(N)cc2o1. The van der Waals surface area contributed by atoms with Gasteiger partial charge < -0.3 is 10.2 Å². The van der Waals surface area contributed by atoms with Crippen molar-refractivity contribution >= 4 is 16.8 Å². The standard InChI is InChI=1S/C13H16N4O/c1-9(6-14)7-17(2)8-13-16-11-4-3-10(15)5-12(11)18-13/h3-5,9H,7-8,15H2,1-2H3. The van der Waals surface area contributed by atoms with Crippen molar-refractivity contribution in [2.24, 2.45) is 5.92 Å². The maximum atomic E-state index is 8.77.